The van der Waals surface area contributed by atoms with E-state index >= 15 is 0 Å². The summed E-state index contributed by atoms with van der Waals surface area (Å²) in [4.78, 5) is 34.3. The van der Waals surface area contributed by atoms with Gasteiger partial charge in [-0.15, -0.1) is 0 Å². The Morgan fingerprint density at radius 1 is 1.52 bits per heavy atom. The minimum absolute atomic E-state index is 0.217. The number of amidine groups is 1. The maximum Gasteiger partial charge on any atom is 0.325 e. The molecular formula is C12H16N4O5. The van der Waals surface area contributed by atoms with Crippen LogP contribution in [0.3, 0.4) is 0 Å². The molecule has 0 fully saturated rings. The van der Waals surface area contributed by atoms with Gasteiger partial charge in [0.2, 0.25) is 5.71 Å². The molecule has 1 heterocycles. The van der Waals surface area contributed by atoms with E-state index in [0.29, 0.717) is 6.42 Å². The molecule has 0 saturated heterocycles. The lowest BCUT2D eigenvalue weighted by molar-refractivity contribution is -0.143. The standard InChI is InChI=1S/C12H16N4O5/c1-12(2)5-9(15-21-12)16(7-10(17)19-3)11(18)8(6-13)14-20-4/h5,7H2,1-4H3/b14-8+. The van der Waals surface area contributed by atoms with Crippen LogP contribution in [0.1, 0.15) is 20.3 Å². The monoisotopic (exact) mass is 296 g/mol. The smallest absolute Gasteiger partial charge is 0.325 e. The zero-order chi connectivity index (χ0) is 16.0. The summed E-state index contributed by atoms with van der Waals surface area (Å²) in [7, 11) is 2.39. The van der Waals surface area contributed by atoms with Gasteiger partial charge < -0.3 is 14.4 Å². The maximum absolute atomic E-state index is 12.3. The van der Waals surface area contributed by atoms with Crippen molar-refractivity contribution in [1.82, 2.24) is 4.90 Å². The molecule has 0 aromatic carbocycles. The van der Waals surface area contributed by atoms with E-state index in [4.69, 9.17) is 10.1 Å². The third-order valence-corrected chi connectivity index (χ3v) is 2.54. The molecule has 21 heavy (non-hydrogen) atoms. The van der Waals surface area contributed by atoms with Crippen LogP contribution in [0.5, 0.6) is 0 Å². The zero-order valence-electron chi connectivity index (χ0n) is 12.2. The molecule has 0 atom stereocenters. The van der Waals surface area contributed by atoms with Crippen LogP contribution in [0, 0.1) is 11.3 Å². The first-order valence-corrected chi connectivity index (χ1v) is 5.99. The number of carbonyl (C=O) groups is 2. The second-order valence-electron chi connectivity index (χ2n) is 4.74. The fourth-order valence-electron chi connectivity index (χ4n) is 1.57. The number of nitrogens with zero attached hydrogens (tertiary/aromatic N) is 4. The molecule has 0 spiro atoms. The van der Waals surface area contributed by atoms with Gasteiger partial charge in [0.15, 0.2) is 5.84 Å². The highest BCUT2D eigenvalue weighted by molar-refractivity contribution is 6.47. The van der Waals surface area contributed by atoms with Gasteiger partial charge in [0.05, 0.1) is 13.5 Å². The molecular weight excluding hydrogens is 280 g/mol. The predicted octanol–water partition coefficient (Wildman–Crippen LogP) is 0.0264. The fourth-order valence-corrected chi connectivity index (χ4v) is 1.57. The van der Waals surface area contributed by atoms with Crippen LogP contribution in [0.25, 0.3) is 0 Å². The molecule has 0 unspecified atom stereocenters. The molecule has 0 aliphatic carbocycles. The Labute approximate surface area is 121 Å². The third-order valence-electron chi connectivity index (χ3n) is 2.54. The van der Waals surface area contributed by atoms with Crippen LogP contribution in [-0.2, 0) is 24.0 Å². The molecule has 9 heteroatoms. The molecule has 0 radical (unpaired) electrons. The Bertz CT molecular complexity index is 532. The Hall–Kier alpha value is -2.63. The minimum atomic E-state index is -0.815. The molecule has 1 amide bonds. The summed E-state index contributed by atoms with van der Waals surface area (Å²) >= 11 is 0. The van der Waals surface area contributed by atoms with Crippen molar-refractivity contribution in [3.05, 3.63) is 0 Å². The third kappa shape index (κ3) is 4.17. The van der Waals surface area contributed by atoms with E-state index in [-0.39, 0.29) is 5.84 Å². The van der Waals surface area contributed by atoms with Crippen LogP contribution in [-0.4, -0.2) is 54.7 Å². The summed E-state index contributed by atoms with van der Waals surface area (Å²) in [5, 5.41) is 16.0. The van der Waals surface area contributed by atoms with Gasteiger partial charge in [0.25, 0.3) is 5.91 Å². The number of hydrogen-bond acceptors (Lipinski definition) is 8. The molecule has 0 saturated carbocycles. The average molecular weight is 296 g/mol. The minimum Gasteiger partial charge on any atom is -0.468 e. The number of oxime groups is 2. The van der Waals surface area contributed by atoms with Gasteiger partial charge in [0, 0.05) is 0 Å². The van der Waals surface area contributed by atoms with Crippen LogP contribution in [0.4, 0.5) is 0 Å². The van der Waals surface area contributed by atoms with E-state index in [1.54, 1.807) is 19.9 Å². The van der Waals surface area contributed by atoms with Crippen LogP contribution >= 0.6 is 0 Å². The number of rotatable bonds is 4. The van der Waals surface area contributed by atoms with Gasteiger partial charge in [-0.3, -0.25) is 14.5 Å². The molecule has 9 nitrogen and oxygen atoms in total. The van der Waals surface area contributed by atoms with Crippen LogP contribution < -0.4 is 0 Å². The second kappa shape index (κ2) is 6.69. The summed E-state index contributed by atoms with van der Waals surface area (Å²) in [6.45, 7) is 3.15. The number of esters is 1. The Morgan fingerprint density at radius 2 is 2.19 bits per heavy atom. The summed E-state index contributed by atoms with van der Waals surface area (Å²) in [5.41, 5.74) is -1.11. The summed E-state index contributed by atoms with van der Waals surface area (Å²) in [6.07, 6.45) is 0.293. The van der Waals surface area contributed by atoms with E-state index in [1.165, 1.54) is 14.2 Å². The number of methoxy groups -OCH3 is 1. The van der Waals surface area contributed by atoms with Crippen molar-refractivity contribution in [1.29, 1.82) is 5.26 Å². The quantitative estimate of drug-likeness (QED) is 0.410. The van der Waals surface area contributed by atoms with Gasteiger partial charge >= 0.3 is 5.97 Å². The summed E-state index contributed by atoms with van der Waals surface area (Å²) in [6, 6.07) is 1.60. The number of nitriles is 1. The lowest BCUT2D eigenvalue weighted by Gasteiger charge is -2.20. The maximum atomic E-state index is 12.3. The van der Waals surface area contributed by atoms with E-state index < -0.39 is 29.7 Å². The largest absolute Gasteiger partial charge is 0.468 e. The van der Waals surface area contributed by atoms with E-state index in [9.17, 15) is 9.59 Å². The van der Waals surface area contributed by atoms with E-state index in [0.717, 1.165) is 4.90 Å². The molecule has 0 aromatic heterocycles. The van der Waals surface area contributed by atoms with Crippen molar-refractivity contribution < 1.29 is 24.0 Å². The van der Waals surface area contributed by atoms with E-state index in [1.807, 2.05) is 0 Å². The Morgan fingerprint density at radius 3 is 2.62 bits per heavy atom. The van der Waals surface area contributed by atoms with Crippen molar-refractivity contribution in [2.24, 2.45) is 10.3 Å². The highest BCUT2D eigenvalue weighted by Gasteiger charge is 2.36. The van der Waals surface area contributed by atoms with Crippen molar-refractivity contribution in [2.45, 2.75) is 25.9 Å². The molecule has 1 aliphatic heterocycles. The zero-order valence-corrected chi connectivity index (χ0v) is 12.2. The van der Waals surface area contributed by atoms with Gasteiger partial charge in [-0.1, -0.05) is 10.3 Å². The SMILES string of the molecule is CO/N=C(\C#N)C(=O)N(CC(=O)OC)C1=NOC(C)(C)C1. The second-order valence-corrected chi connectivity index (χ2v) is 4.74. The molecule has 114 valence electrons. The van der Waals surface area contributed by atoms with Gasteiger partial charge in [0.1, 0.15) is 25.3 Å². The van der Waals surface area contributed by atoms with Crippen LogP contribution in [0.15, 0.2) is 10.3 Å². The summed E-state index contributed by atoms with van der Waals surface area (Å²) < 4.78 is 4.53. The first-order chi connectivity index (χ1) is 9.84. The predicted molar refractivity (Wildman–Crippen MR) is 71.0 cm³/mol. The molecule has 1 aliphatic rings. The first-order valence-electron chi connectivity index (χ1n) is 5.99. The first kappa shape index (κ1) is 16.4. The number of amides is 1. The lowest BCUT2D eigenvalue weighted by atomic mass is 10.1. The Kier molecular flexibility index (Phi) is 5.24. The van der Waals surface area contributed by atoms with Gasteiger partial charge in [-0.25, -0.2) is 0 Å². The van der Waals surface area contributed by atoms with Gasteiger partial charge in [-0.2, -0.15) is 5.26 Å². The van der Waals surface area contributed by atoms with Crippen molar-refractivity contribution in [3.8, 4) is 6.07 Å². The molecule has 0 bridgehead atoms. The molecule has 1 rings (SSSR count). The van der Waals surface area contributed by atoms with Crippen molar-refractivity contribution >= 4 is 23.4 Å². The van der Waals surface area contributed by atoms with Crippen LogP contribution in [0.2, 0.25) is 0 Å². The average Bonchev–Trinajstić information content (AvgIpc) is 2.81. The summed E-state index contributed by atoms with van der Waals surface area (Å²) in [5.74, 6) is -1.26. The number of ether oxygens (including phenoxy) is 1. The van der Waals surface area contributed by atoms with E-state index in [2.05, 4.69) is 19.9 Å². The highest BCUT2D eigenvalue weighted by Crippen LogP contribution is 2.24. The Balaban J connectivity index is 3.04. The highest BCUT2D eigenvalue weighted by atomic mass is 16.7. The molecule has 0 aromatic rings. The van der Waals surface area contributed by atoms with Gasteiger partial charge in [-0.05, 0) is 13.8 Å². The fraction of sp³-hybridized carbons (Fsp3) is 0.583. The van der Waals surface area contributed by atoms with Crippen molar-refractivity contribution in [2.75, 3.05) is 20.8 Å². The molecule has 0 N–H and O–H groups in total. The number of hydrogen-bond donors (Lipinski definition) is 0. The topological polar surface area (TPSA) is 114 Å². The normalized spacial score (nSPS) is 16.3. The van der Waals surface area contributed by atoms with Crippen molar-refractivity contribution in [3.63, 3.8) is 0 Å². The lowest BCUT2D eigenvalue weighted by Crippen LogP contribution is -2.44. The number of carbonyl (C=O) groups excluding carboxylic acids is 2.